The van der Waals surface area contributed by atoms with E-state index in [0.29, 0.717) is 19.0 Å². The predicted molar refractivity (Wildman–Crippen MR) is 126 cm³/mol. The van der Waals surface area contributed by atoms with Crippen molar-refractivity contribution in [2.45, 2.75) is 52.7 Å². The van der Waals surface area contributed by atoms with E-state index < -0.39 is 0 Å². The van der Waals surface area contributed by atoms with Gasteiger partial charge < -0.3 is 20.1 Å². The molecule has 7 heteroatoms. The Kier molecular flexibility index (Phi) is 8.91. The highest BCUT2D eigenvalue weighted by Gasteiger charge is 2.12. The zero-order valence-corrected chi connectivity index (χ0v) is 19.5. The van der Waals surface area contributed by atoms with Crippen LogP contribution in [0, 0.1) is 0 Å². The van der Waals surface area contributed by atoms with E-state index in [1.54, 1.807) is 0 Å². The summed E-state index contributed by atoms with van der Waals surface area (Å²) in [5.41, 5.74) is 3.55. The lowest BCUT2D eigenvalue weighted by molar-refractivity contribution is 0.269. The number of benzene rings is 1. The predicted octanol–water partition coefficient (Wildman–Crippen LogP) is 3.19. The molecule has 0 unspecified atom stereocenters. The summed E-state index contributed by atoms with van der Waals surface area (Å²) in [6.07, 6.45) is 1.25. The molecule has 0 atom stereocenters. The largest absolute Gasteiger partial charge is 0.359 e. The molecule has 2 heterocycles. The highest BCUT2D eigenvalue weighted by Crippen LogP contribution is 2.14. The first-order chi connectivity index (χ1) is 15.0. The average molecular weight is 427 g/mol. The van der Waals surface area contributed by atoms with Gasteiger partial charge in [0, 0.05) is 32.2 Å². The van der Waals surface area contributed by atoms with Crippen molar-refractivity contribution in [2.24, 2.45) is 4.99 Å². The fraction of sp³-hybridized carbons (Fsp3) is 0.583. The number of aliphatic imine (C=N–C) groups is 1. The van der Waals surface area contributed by atoms with Crippen molar-refractivity contribution < 1.29 is 4.52 Å². The Balaban J connectivity index is 1.51. The minimum absolute atomic E-state index is 0.364. The third-order valence-electron chi connectivity index (χ3n) is 5.60. The molecule has 1 aromatic carbocycles. The van der Waals surface area contributed by atoms with E-state index in [-0.39, 0.29) is 0 Å². The normalized spacial score (nSPS) is 16.5. The van der Waals surface area contributed by atoms with E-state index in [2.05, 4.69) is 77.7 Å². The number of nitrogens with zero attached hydrogens (tertiary/aromatic N) is 4. The van der Waals surface area contributed by atoms with Crippen LogP contribution in [0.2, 0.25) is 0 Å². The standard InChI is InChI=1S/C24H38N6O/c1-5-25-24(27-17-22-15-23(19(2)3)28-31-22)26-16-20-7-9-21(10-8-20)18-30-12-6-11-29(4)13-14-30/h7-10,15,19H,5-6,11-14,16-18H2,1-4H3,(H2,25,26,27). The van der Waals surface area contributed by atoms with Crippen LogP contribution in [0.3, 0.4) is 0 Å². The number of rotatable bonds is 8. The van der Waals surface area contributed by atoms with Crippen LogP contribution in [0.5, 0.6) is 0 Å². The average Bonchev–Trinajstić information content (AvgIpc) is 3.15. The lowest BCUT2D eigenvalue weighted by atomic mass is 10.1. The fourth-order valence-electron chi connectivity index (χ4n) is 3.63. The summed E-state index contributed by atoms with van der Waals surface area (Å²) < 4.78 is 5.40. The van der Waals surface area contributed by atoms with Gasteiger partial charge in [-0.2, -0.15) is 0 Å². The Morgan fingerprint density at radius 2 is 1.87 bits per heavy atom. The second-order valence-electron chi connectivity index (χ2n) is 8.67. The maximum atomic E-state index is 5.40. The lowest BCUT2D eigenvalue weighted by Gasteiger charge is -2.20. The summed E-state index contributed by atoms with van der Waals surface area (Å²) in [6.45, 7) is 14.0. The van der Waals surface area contributed by atoms with Crippen LogP contribution in [0.1, 0.15) is 55.7 Å². The topological polar surface area (TPSA) is 68.9 Å². The minimum atomic E-state index is 0.364. The second-order valence-corrected chi connectivity index (χ2v) is 8.67. The molecule has 0 aliphatic carbocycles. The highest BCUT2D eigenvalue weighted by atomic mass is 16.5. The van der Waals surface area contributed by atoms with E-state index in [1.807, 2.05) is 6.07 Å². The molecule has 2 aromatic rings. The number of hydrogen-bond acceptors (Lipinski definition) is 5. The van der Waals surface area contributed by atoms with Crippen LogP contribution < -0.4 is 10.6 Å². The summed E-state index contributed by atoms with van der Waals surface area (Å²) in [5.74, 6) is 1.96. The molecule has 0 radical (unpaired) electrons. The number of likely N-dealkylation sites (N-methyl/N-ethyl adjacent to an activating group) is 1. The fourth-order valence-corrected chi connectivity index (χ4v) is 3.63. The summed E-state index contributed by atoms with van der Waals surface area (Å²) in [6, 6.07) is 10.9. The first-order valence-corrected chi connectivity index (χ1v) is 11.5. The molecule has 1 saturated heterocycles. The van der Waals surface area contributed by atoms with Gasteiger partial charge in [-0.3, -0.25) is 4.90 Å². The van der Waals surface area contributed by atoms with Crippen molar-refractivity contribution in [3.63, 3.8) is 0 Å². The van der Waals surface area contributed by atoms with Crippen molar-refractivity contribution in [3.05, 3.63) is 52.9 Å². The lowest BCUT2D eigenvalue weighted by Crippen LogP contribution is -2.36. The van der Waals surface area contributed by atoms with Gasteiger partial charge in [-0.1, -0.05) is 43.3 Å². The molecule has 2 N–H and O–H groups in total. The maximum absolute atomic E-state index is 5.40. The van der Waals surface area contributed by atoms with Gasteiger partial charge in [-0.05, 0) is 50.5 Å². The van der Waals surface area contributed by atoms with Crippen LogP contribution >= 0.6 is 0 Å². The van der Waals surface area contributed by atoms with Gasteiger partial charge in [-0.25, -0.2) is 4.99 Å². The van der Waals surface area contributed by atoms with Crippen molar-refractivity contribution >= 4 is 5.96 Å². The number of aromatic nitrogens is 1. The van der Waals surface area contributed by atoms with E-state index in [0.717, 1.165) is 43.6 Å². The van der Waals surface area contributed by atoms with Crippen molar-refractivity contribution in [1.82, 2.24) is 25.6 Å². The van der Waals surface area contributed by atoms with E-state index in [1.165, 1.54) is 30.6 Å². The smallest absolute Gasteiger partial charge is 0.191 e. The minimum Gasteiger partial charge on any atom is -0.359 e. The third kappa shape index (κ3) is 7.67. The Morgan fingerprint density at radius 3 is 2.58 bits per heavy atom. The van der Waals surface area contributed by atoms with Gasteiger partial charge in [-0.15, -0.1) is 0 Å². The van der Waals surface area contributed by atoms with Crippen molar-refractivity contribution in [2.75, 3.05) is 39.8 Å². The quantitative estimate of drug-likeness (QED) is 0.499. The van der Waals surface area contributed by atoms with E-state index in [4.69, 9.17) is 9.52 Å². The molecular weight excluding hydrogens is 388 g/mol. The molecule has 1 fully saturated rings. The Morgan fingerprint density at radius 1 is 1.10 bits per heavy atom. The number of nitrogens with one attached hydrogen (secondary N) is 2. The van der Waals surface area contributed by atoms with Gasteiger partial charge in [0.2, 0.25) is 0 Å². The SMILES string of the molecule is CCNC(=NCc1ccc(CN2CCCN(C)CC2)cc1)NCc1cc(C(C)C)no1. The molecule has 3 rings (SSSR count). The maximum Gasteiger partial charge on any atom is 0.191 e. The summed E-state index contributed by atoms with van der Waals surface area (Å²) in [5, 5.41) is 10.7. The Bertz CT molecular complexity index is 814. The molecule has 31 heavy (non-hydrogen) atoms. The van der Waals surface area contributed by atoms with Crippen LogP contribution in [0.15, 0.2) is 39.8 Å². The van der Waals surface area contributed by atoms with Crippen LogP contribution in [0.4, 0.5) is 0 Å². The molecule has 1 aliphatic rings. The van der Waals surface area contributed by atoms with Crippen LogP contribution in [-0.2, 0) is 19.6 Å². The molecule has 0 saturated carbocycles. The summed E-state index contributed by atoms with van der Waals surface area (Å²) in [7, 11) is 2.21. The van der Waals surface area contributed by atoms with Crippen molar-refractivity contribution in [1.29, 1.82) is 0 Å². The monoisotopic (exact) mass is 426 g/mol. The molecule has 0 spiro atoms. The molecular formula is C24H38N6O. The highest BCUT2D eigenvalue weighted by molar-refractivity contribution is 5.79. The third-order valence-corrected chi connectivity index (χ3v) is 5.60. The number of hydrogen-bond donors (Lipinski definition) is 2. The molecule has 1 aliphatic heterocycles. The van der Waals surface area contributed by atoms with Gasteiger partial charge in [0.25, 0.3) is 0 Å². The number of guanidine groups is 1. The van der Waals surface area contributed by atoms with Gasteiger partial charge in [0.05, 0.1) is 18.8 Å². The molecule has 0 bridgehead atoms. The first-order valence-electron chi connectivity index (χ1n) is 11.5. The van der Waals surface area contributed by atoms with E-state index in [9.17, 15) is 0 Å². The first kappa shape index (κ1) is 23.3. The second kappa shape index (κ2) is 11.9. The van der Waals surface area contributed by atoms with Gasteiger partial charge in [0.1, 0.15) is 0 Å². The zero-order valence-electron chi connectivity index (χ0n) is 19.5. The molecule has 7 nitrogen and oxygen atoms in total. The summed E-state index contributed by atoms with van der Waals surface area (Å²) >= 11 is 0. The molecule has 1 aromatic heterocycles. The molecule has 170 valence electrons. The molecule has 0 amide bonds. The van der Waals surface area contributed by atoms with Crippen LogP contribution in [-0.4, -0.2) is 60.7 Å². The van der Waals surface area contributed by atoms with Gasteiger partial charge >= 0.3 is 0 Å². The van der Waals surface area contributed by atoms with Crippen molar-refractivity contribution in [3.8, 4) is 0 Å². The van der Waals surface area contributed by atoms with Gasteiger partial charge in [0.15, 0.2) is 11.7 Å². The van der Waals surface area contributed by atoms with E-state index >= 15 is 0 Å². The Labute approximate surface area is 186 Å². The zero-order chi connectivity index (χ0) is 22.1. The Hall–Kier alpha value is -2.38. The van der Waals surface area contributed by atoms with Crippen LogP contribution in [0.25, 0.3) is 0 Å². The summed E-state index contributed by atoms with van der Waals surface area (Å²) in [4.78, 5) is 9.70.